The van der Waals surface area contributed by atoms with Crippen LogP contribution in [0.5, 0.6) is 0 Å². The van der Waals surface area contributed by atoms with E-state index in [2.05, 4.69) is 5.32 Å². The Hall–Kier alpha value is -1.66. The molecule has 7 heteroatoms. The molecule has 0 spiro atoms. The SMILES string of the molecule is CN(Cc1ccccc1[N+](=O)[O-])C(=O)C1CCCCN1.Cl. The fourth-order valence-corrected chi connectivity index (χ4v) is 2.48. The number of nitro groups is 1. The highest BCUT2D eigenvalue weighted by molar-refractivity contribution is 5.85. The zero-order valence-corrected chi connectivity index (χ0v) is 12.8. The van der Waals surface area contributed by atoms with Gasteiger partial charge in [-0.05, 0) is 19.4 Å². The minimum Gasteiger partial charge on any atom is -0.340 e. The Morgan fingerprint density at radius 2 is 2.14 bits per heavy atom. The third kappa shape index (κ3) is 4.41. The van der Waals surface area contributed by atoms with E-state index in [0.29, 0.717) is 5.56 Å². The largest absolute Gasteiger partial charge is 0.340 e. The molecule has 2 rings (SSSR count). The number of hydrogen-bond acceptors (Lipinski definition) is 4. The van der Waals surface area contributed by atoms with Gasteiger partial charge in [-0.15, -0.1) is 12.4 Å². The zero-order valence-electron chi connectivity index (χ0n) is 11.9. The fraction of sp³-hybridized carbons (Fsp3) is 0.500. The van der Waals surface area contributed by atoms with Crippen LogP contribution in [-0.4, -0.2) is 35.4 Å². The number of likely N-dealkylation sites (N-methyl/N-ethyl adjacent to an activating group) is 1. The van der Waals surface area contributed by atoms with Crippen LogP contribution in [0.2, 0.25) is 0 Å². The summed E-state index contributed by atoms with van der Waals surface area (Å²) in [4.78, 5) is 24.4. The lowest BCUT2D eigenvalue weighted by molar-refractivity contribution is -0.385. The minimum atomic E-state index is -0.410. The number of carbonyl (C=O) groups is 1. The first-order valence-corrected chi connectivity index (χ1v) is 6.80. The summed E-state index contributed by atoms with van der Waals surface area (Å²) >= 11 is 0. The van der Waals surface area contributed by atoms with Gasteiger partial charge in [0, 0.05) is 18.7 Å². The summed E-state index contributed by atoms with van der Waals surface area (Å²) in [5.74, 6) is 0.00264. The molecule has 1 amide bonds. The van der Waals surface area contributed by atoms with Crippen molar-refractivity contribution >= 4 is 24.0 Å². The predicted octanol–water partition coefficient (Wildman–Crippen LogP) is 2.12. The smallest absolute Gasteiger partial charge is 0.274 e. The van der Waals surface area contributed by atoms with Gasteiger partial charge < -0.3 is 10.2 Å². The van der Waals surface area contributed by atoms with Crippen molar-refractivity contribution in [1.82, 2.24) is 10.2 Å². The predicted molar refractivity (Wildman–Crippen MR) is 82.5 cm³/mol. The van der Waals surface area contributed by atoms with Crippen LogP contribution in [0.4, 0.5) is 5.69 Å². The summed E-state index contributed by atoms with van der Waals surface area (Å²) < 4.78 is 0. The lowest BCUT2D eigenvalue weighted by Gasteiger charge is -2.27. The van der Waals surface area contributed by atoms with Gasteiger partial charge in [-0.2, -0.15) is 0 Å². The van der Waals surface area contributed by atoms with Crippen LogP contribution in [0, 0.1) is 10.1 Å². The van der Waals surface area contributed by atoms with Crippen molar-refractivity contribution in [2.75, 3.05) is 13.6 Å². The molecule has 1 aliphatic heterocycles. The highest BCUT2D eigenvalue weighted by Crippen LogP contribution is 2.20. The molecule has 1 fully saturated rings. The van der Waals surface area contributed by atoms with Crippen molar-refractivity contribution in [1.29, 1.82) is 0 Å². The summed E-state index contributed by atoms with van der Waals surface area (Å²) in [6, 6.07) is 6.38. The molecule has 116 valence electrons. The number of para-hydroxylation sites is 1. The van der Waals surface area contributed by atoms with Gasteiger partial charge in [0.05, 0.1) is 17.5 Å². The van der Waals surface area contributed by atoms with E-state index in [1.54, 1.807) is 30.1 Å². The summed E-state index contributed by atoms with van der Waals surface area (Å²) in [7, 11) is 1.69. The lowest BCUT2D eigenvalue weighted by Crippen LogP contribution is -2.47. The zero-order chi connectivity index (χ0) is 14.5. The second kappa shape index (κ2) is 7.95. The third-order valence-corrected chi connectivity index (χ3v) is 3.58. The maximum atomic E-state index is 12.3. The quantitative estimate of drug-likeness (QED) is 0.682. The average molecular weight is 314 g/mol. The molecule has 21 heavy (non-hydrogen) atoms. The van der Waals surface area contributed by atoms with Gasteiger partial charge in [0.1, 0.15) is 0 Å². The van der Waals surface area contributed by atoms with E-state index in [0.717, 1.165) is 25.8 Å². The van der Waals surface area contributed by atoms with Gasteiger partial charge >= 0.3 is 0 Å². The molecule has 0 bridgehead atoms. The number of nitrogens with one attached hydrogen (secondary N) is 1. The Bertz CT molecular complexity index is 504. The Morgan fingerprint density at radius 1 is 1.43 bits per heavy atom. The topological polar surface area (TPSA) is 75.5 Å². The maximum Gasteiger partial charge on any atom is 0.274 e. The van der Waals surface area contributed by atoms with Gasteiger partial charge in [0.15, 0.2) is 0 Å². The van der Waals surface area contributed by atoms with Gasteiger partial charge in [-0.25, -0.2) is 0 Å². The number of halogens is 1. The van der Waals surface area contributed by atoms with E-state index < -0.39 is 4.92 Å². The standard InChI is InChI=1S/C14H19N3O3.ClH/c1-16(14(18)12-7-4-5-9-15-12)10-11-6-2-3-8-13(11)17(19)20;/h2-3,6,8,12,15H,4-5,7,9-10H2,1H3;1H. The highest BCUT2D eigenvalue weighted by atomic mass is 35.5. The van der Waals surface area contributed by atoms with Gasteiger partial charge in [-0.3, -0.25) is 14.9 Å². The van der Waals surface area contributed by atoms with Crippen LogP contribution in [0.3, 0.4) is 0 Å². The molecular formula is C14H20ClN3O3. The number of hydrogen-bond donors (Lipinski definition) is 1. The van der Waals surface area contributed by atoms with Crippen LogP contribution < -0.4 is 5.32 Å². The van der Waals surface area contributed by atoms with Crippen molar-refractivity contribution in [2.24, 2.45) is 0 Å². The van der Waals surface area contributed by atoms with E-state index in [1.807, 2.05) is 0 Å². The lowest BCUT2D eigenvalue weighted by atomic mass is 10.0. The molecule has 0 aliphatic carbocycles. The van der Waals surface area contributed by atoms with Crippen LogP contribution in [0.15, 0.2) is 24.3 Å². The Balaban J connectivity index is 0.00000220. The van der Waals surface area contributed by atoms with E-state index in [1.165, 1.54) is 6.07 Å². The number of nitrogens with zero attached hydrogens (tertiary/aromatic N) is 2. The Kier molecular flexibility index (Phi) is 6.58. The van der Waals surface area contributed by atoms with E-state index in [-0.39, 0.29) is 36.6 Å². The van der Waals surface area contributed by atoms with E-state index in [4.69, 9.17) is 0 Å². The molecule has 1 saturated heterocycles. The van der Waals surface area contributed by atoms with Crippen molar-refractivity contribution < 1.29 is 9.72 Å². The second-order valence-corrected chi connectivity index (χ2v) is 5.08. The maximum absolute atomic E-state index is 12.3. The number of amides is 1. The first-order valence-electron chi connectivity index (χ1n) is 6.80. The number of piperidine rings is 1. The van der Waals surface area contributed by atoms with E-state index >= 15 is 0 Å². The molecule has 1 aromatic carbocycles. The fourth-order valence-electron chi connectivity index (χ4n) is 2.48. The van der Waals surface area contributed by atoms with Crippen molar-refractivity contribution in [2.45, 2.75) is 31.8 Å². The highest BCUT2D eigenvalue weighted by Gasteiger charge is 2.25. The number of carbonyl (C=O) groups excluding carboxylic acids is 1. The average Bonchev–Trinajstić information content (AvgIpc) is 2.47. The molecule has 1 aliphatic rings. The summed E-state index contributed by atoms with van der Waals surface area (Å²) in [5, 5.41) is 14.2. The van der Waals surface area contributed by atoms with E-state index in [9.17, 15) is 14.9 Å². The molecule has 1 heterocycles. The summed E-state index contributed by atoms with van der Waals surface area (Å²) in [5.41, 5.74) is 0.618. The number of benzene rings is 1. The van der Waals surface area contributed by atoms with Crippen LogP contribution in [0.1, 0.15) is 24.8 Å². The molecule has 0 saturated carbocycles. The molecule has 1 atom stereocenters. The van der Waals surface area contributed by atoms with Gasteiger partial charge in [-0.1, -0.05) is 24.6 Å². The molecule has 0 radical (unpaired) electrons. The van der Waals surface area contributed by atoms with Crippen molar-refractivity contribution in [3.05, 3.63) is 39.9 Å². The normalized spacial score (nSPS) is 17.7. The Labute approximate surface area is 130 Å². The molecular weight excluding hydrogens is 294 g/mol. The Morgan fingerprint density at radius 3 is 2.76 bits per heavy atom. The molecule has 6 nitrogen and oxygen atoms in total. The molecule has 1 aromatic rings. The van der Waals surface area contributed by atoms with Crippen LogP contribution in [-0.2, 0) is 11.3 Å². The first-order chi connectivity index (χ1) is 9.59. The monoisotopic (exact) mass is 313 g/mol. The second-order valence-electron chi connectivity index (χ2n) is 5.08. The van der Waals surface area contributed by atoms with Crippen molar-refractivity contribution in [3.63, 3.8) is 0 Å². The molecule has 1 unspecified atom stereocenters. The number of nitro benzene ring substituents is 1. The number of rotatable bonds is 4. The molecule has 0 aromatic heterocycles. The van der Waals surface area contributed by atoms with Crippen molar-refractivity contribution in [3.8, 4) is 0 Å². The minimum absolute atomic E-state index is 0. The summed E-state index contributed by atoms with van der Waals surface area (Å²) in [6.45, 7) is 1.11. The summed E-state index contributed by atoms with van der Waals surface area (Å²) in [6.07, 6.45) is 2.97. The molecule has 1 N–H and O–H groups in total. The first kappa shape index (κ1) is 17.4. The van der Waals surface area contributed by atoms with Crippen LogP contribution in [0.25, 0.3) is 0 Å². The van der Waals surface area contributed by atoms with Gasteiger partial charge in [0.25, 0.3) is 5.69 Å². The third-order valence-electron chi connectivity index (χ3n) is 3.58. The van der Waals surface area contributed by atoms with Gasteiger partial charge in [0.2, 0.25) is 5.91 Å². The van der Waals surface area contributed by atoms with Crippen LogP contribution >= 0.6 is 12.4 Å².